The molecule has 0 aromatic rings. The van der Waals surface area contributed by atoms with Crippen LogP contribution in [0.2, 0.25) is 0 Å². The summed E-state index contributed by atoms with van der Waals surface area (Å²) in [5.74, 6) is -6.13. The highest BCUT2D eigenvalue weighted by molar-refractivity contribution is 6.14. The molecule has 0 aliphatic heterocycles. The van der Waals surface area contributed by atoms with Gasteiger partial charge in [-0.3, -0.25) is 14.4 Å². The van der Waals surface area contributed by atoms with Crippen LogP contribution in [0.3, 0.4) is 0 Å². The molecule has 12 heavy (non-hydrogen) atoms. The molecule has 0 amide bonds. The van der Waals surface area contributed by atoms with Gasteiger partial charge in [0, 0.05) is 6.42 Å². The average molecular weight is 172 g/mol. The van der Waals surface area contributed by atoms with Gasteiger partial charge in [0.2, 0.25) is 5.92 Å². The summed E-state index contributed by atoms with van der Waals surface area (Å²) in [6.07, 6.45) is 0.921. The molecule has 0 fully saturated rings. The zero-order valence-corrected chi connectivity index (χ0v) is 6.19. The van der Waals surface area contributed by atoms with E-state index in [1.165, 1.54) is 6.08 Å². The molecule has 0 spiro atoms. The lowest BCUT2D eigenvalue weighted by molar-refractivity contribution is -0.157. The fourth-order valence-corrected chi connectivity index (χ4v) is 0.641. The van der Waals surface area contributed by atoms with E-state index in [9.17, 15) is 14.4 Å². The van der Waals surface area contributed by atoms with Crippen molar-refractivity contribution in [2.24, 2.45) is 5.92 Å². The van der Waals surface area contributed by atoms with E-state index >= 15 is 0 Å². The van der Waals surface area contributed by atoms with Crippen molar-refractivity contribution >= 4 is 17.7 Å². The van der Waals surface area contributed by atoms with Crippen LogP contribution in [0.4, 0.5) is 0 Å². The molecule has 0 radical (unpaired) electrons. The maximum atomic E-state index is 10.8. The van der Waals surface area contributed by atoms with Crippen LogP contribution in [0.1, 0.15) is 6.42 Å². The van der Waals surface area contributed by atoms with E-state index in [1.807, 2.05) is 0 Å². The molecule has 0 saturated carbocycles. The van der Waals surface area contributed by atoms with E-state index in [2.05, 4.69) is 6.58 Å². The predicted octanol–water partition coefficient (Wildman–Crippen LogP) is -0.0830. The van der Waals surface area contributed by atoms with E-state index in [-0.39, 0.29) is 6.42 Å². The number of ketones is 1. The highest BCUT2D eigenvalue weighted by atomic mass is 16.4. The van der Waals surface area contributed by atoms with Gasteiger partial charge in [0.1, 0.15) is 0 Å². The largest absolute Gasteiger partial charge is 0.480 e. The number of carboxylic acids is 2. The summed E-state index contributed by atoms with van der Waals surface area (Å²) in [6.45, 7) is 3.20. The third-order valence-electron chi connectivity index (χ3n) is 1.16. The molecule has 0 aromatic carbocycles. The van der Waals surface area contributed by atoms with Gasteiger partial charge in [-0.25, -0.2) is 0 Å². The van der Waals surface area contributed by atoms with Gasteiger partial charge in [-0.2, -0.15) is 0 Å². The highest BCUT2D eigenvalue weighted by Gasteiger charge is 2.32. The number of allylic oxidation sites excluding steroid dienone is 1. The Morgan fingerprint density at radius 1 is 1.25 bits per heavy atom. The molecule has 0 atom stereocenters. The SMILES string of the molecule is C=CCC(=O)C(C(=O)O)C(=O)O. The first-order valence-electron chi connectivity index (χ1n) is 3.10. The van der Waals surface area contributed by atoms with Gasteiger partial charge in [0.05, 0.1) is 0 Å². The molecule has 0 heterocycles. The monoisotopic (exact) mass is 172 g/mol. The maximum Gasteiger partial charge on any atom is 0.325 e. The molecule has 0 aromatic heterocycles. The lowest BCUT2D eigenvalue weighted by Gasteiger charge is -2.02. The molecule has 0 rings (SSSR count). The van der Waals surface area contributed by atoms with Crippen LogP contribution in [0.5, 0.6) is 0 Å². The highest BCUT2D eigenvalue weighted by Crippen LogP contribution is 2.02. The summed E-state index contributed by atoms with van der Waals surface area (Å²) < 4.78 is 0. The van der Waals surface area contributed by atoms with Gasteiger partial charge in [0.25, 0.3) is 0 Å². The second-order valence-corrected chi connectivity index (χ2v) is 2.07. The van der Waals surface area contributed by atoms with Crippen LogP contribution in [0.25, 0.3) is 0 Å². The lowest BCUT2D eigenvalue weighted by Crippen LogP contribution is -2.31. The van der Waals surface area contributed by atoms with E-state index in [4.69, 9.17) is 10.2 Å². The van der Waals surface area contributed by atoms with Crippen molar-refractivity contribution < 1.29 is 24.6 Å². The van der Waals surface area contributed by atoms with Crippen molar-refractivity contribution in [3.8, 4) is 0 Å². The topological polar surface area (TPSA) is 91.7 Å². The van der Waals surface area contributed by atoms with Crippen LogP contribution in [-0.4, -0.2) is 27.9 Å². The zero-order chi connectivity index (χ0) is 9.72. The molecule has 0 unspecified atom stereocenters. The van der Waals surface area contributed by atoms with Gasteiger partial charge in [-0.1, -0.05) is 6.08 Å². The Balaban J connectivity index is 4.51. The van der Waals surface area contributed by atoms with Crippen LogP contribution in [0, 0.1) is 5.92 Å². The number of rotatable bonds is 5. The van der Waals surface area contributed by atoms with Crippen molar-refractivity contribution in [2.75, 3.05) is 0 Å². The first-order valence-corrected chi connectivity index (χ1v) is 3.10. The minimum Gasteiger partial charge on any atom is -0.480 e. The zero-order valence-electron chi connectivity index (χ0n) is 6.19. The van der Waals surface area contributed by atoms with Crippen molar-refractivity contribution in [1.29, 1.82) is 0 Å². The Bertz CT molecular complexity index is 216. The number of hydrogen-bond acceptors (Lipinski definition) is 3. The fourth-order valence-electron chi connectivity index (χ4n) is 0.641. The summed E-state index contributed by atoms with van der Waals surface area (Å²) in [6, 6.07) is 0. The van der Waals surface area contributed by atoms with Gasteiger partial charge < -0.3 is 10.2 Å². The van der Waals surface area contributed by atoms with Crippen LogP contribution in [0.15, 0.2) is 12.7 Å². The first kappa shape index (κ1) is 10.3. The molecule has 66 valence electrons. The van der Waals surface area contributed by atoms with E-state index in [0.717, 1.165) is 0 Å². The van der Waals surface area contributed by atoms with E-state index in [0.29, 0.717) is 0 Å². The Kier molecular flexibility index (Phi) is 3.69. The van der Waals surface area contributed by atoms with Crippen molar-refractivity contribution in [3.63, 3.8) is 0 Å². The second kappa shape index (κ2) is 4.27. The standard InChI is InChI=1S/C7H8O5/c1-2-3-4(8)5(6(9)10)7(11)12/h2,5H,1,3H2,(H,9,10)(H,11,12). The first-order chi connectivity index (χ1) is 5.50. The molecule has 5 nitrogen and oxygen atoms in total. The Morgan fingerprint density at radius 2 is 1.67 bits per heavy atom. The van der Waals surface area contributed by atoms with Crippen LogP contribution >= 0.6 is 0 Å². The number of hydrogen-bond donors (Lipinski definition) is 2. The summed E-state index contributed by atoms with van der Waals surface area (Å²) in [4.78, 5) is 31.2. The van der Waals surface area contributed by atoms with Crippen molar-refractivity contribution in [3.05, 3.63) is 12.7 Å². The number of Topliss-reactive ketones (excluding diaryl/α,β-unsaturated/α-hetero) is 1. The summed E-state index contributed by atoms with van der Waals surface area (Å²) in [7, 11) is 0. The number of aliphatic carboxylic acids is 2. The van der Waals surface area contributed by atoms with Crippen molar-refractivity contribution in [2.45, 2.75) is 6.42 Å². The predicted molar refractivity (Wildman–Crippen MR) is 38.6 cm³/mol. The quantitative estimate of drug-likeness (QED) is 0.447. The molecule has 0 bridgehead atoms. The van der Waals surface area contributed by atoms with Gasteiger partial charge in [-0.05, 0) is 0 Å². The fraction of sp³-hybridized carbons (Fsp3) is 0.286. The molecule has 2 N–H and O–H groups in total. The van der Waals surface area contributed by atoms with Gasteiger partial charge >= 0.3 is 11.9 Å². The molecule has 0 aliphatic carbocycles. The van der Waals surface area contributed by atoms with Crippen LogP contribution < -0.4 is 0 Å². The third kappa shape index (κ3) is 2.53. The normalized spacial score (nSPS) is 9.42. The van der Waals surface area contributed by atoms with Gasteiger partial charge in [-0.15, -0.1) is 6.58 Å². The number of carbonyl (C=O) groups is 3. The minimum atomic E-state index is -1.97. The smallest absolute Gasteiger partial charge is 0.325 e. The van der Waals surface area contributed by atoms with E-state index < -0.39 is 23.6 Å². The number of carbonyl (C=O) groups excluding carboxylic acids is 1. The maximum absolute atomic E-state index is 10.8. The lowest BCUT2D eigenvalue weighted by atomic mass is 10.0. The molecule has 0 aliphatic rings. The van der Waals surface area contributed by atoms with Crippen LogP contribution in [-0.2, 0) is 14.4 Å². The molecule has 5 heteroatoms. The minimum absolute atomic E-state index is 0.247. The molecule has 0 saturated heterocycles. The Morgan fingerprint density at radius 3 is 1.92 bits per heavy atom. The number of carboxylic acid groups (broad SMARTS) is 2. The summed E-state index contributed by atoms with van der Waals surface area (Å²) >= 11 is 0. The Labute approximate surface area is 68.3 Å². The molecular weight excluding hydrogens is 164 g/mol. The average Bonchev–Trinajstić information content (AvgIpc) is 1.85. The molecular formula is C7H8O5. The summed E-state index contributed by atoms with van der Waals surface area (Å²) in [5, 5.41) is 16.6. The third-order valence-corrected chi connectivity index (χ3v) is 1.16. The second-order valence-electron chi connectivity index (χ2n) is 2.07. The van der Waals surface area contributed by atoms with Crippen molar-refractivity contribution in [1.82, 2.24) is 0 Å². The van der Waals surface area contributed by atoms with Gasteiger partial charge in [0.15, 0.2) is 5.78 Å². The van der Waals surface area contributed by atoms with E-state index in [1.54, 1.807) is 0 Å². The summed E-state index contributed by atoms with van der Waals surface area (Å²) in [5.41, 5.74) is 0. The Hall–Kier alpha value is -1.65.